The average molecular weight is 455 g/mol. The van der Waals surface area contributed by atoms with E-state index in [1.165, 1.54) is 29.8 Å². The molecule has 1 N–H and O–H groups in total. The fourth-order valence-electron chi connectivity index (χ4n) is 3.34. The zero-order valence-electron chi connectivity index (χ0n) is 16.6. The standard InChI is InChI=1S/C23H19ClN2O4S/c1-14(27)20-5-6-21(31-20)16-9-17-10-18(30-23(17)19(24)11-16)12-25-22(28)7-4-15-3-2-8-26(29)13-15/h2-9,11,13,18H,10,12H2,1H3,(H,25,28)/b7-4+. The van der Waals surface area contributed by atoms with E-state index in [9.17, 15) is 14.8 Å². The third-order valence-electron chi connectivity index (χ3n) is 4.82. The van der Waals surface area contributed by atoms with Gasteiger partial charge < -0.3 is 15.3 Å². The molecule has 2 aromatic heterocycles. The van der Waals surface area contributed by atoms with Gasteiger partial charge in [0.25, 0.3) is 0 Å². The van der Waals surface area contributed by atoms with Crippen LogP contribution in [0, 0.1) is 5.21 Å². The molecule has 0 saturated heterocycles. The van der Waals surface area contributed by atoms with E-state index >= 15 is 0 Å². The van der Waals surface area contributed by atoms with Crippen molar-refractivity contribution < 1.29 is 19.1 Å². The molecule has 0 radical (unpaired) electrons. The first kappa shape index (κ1) is 21.1. The Kier molecular flexibility index (Phi) is 6.06. The molecule has 6 nitrogen and oxygen atoms in total. The molecule has 1 unspecified atom stereocenters. The average Bonchev–Trinajstić information content (AvgIpc) is 3.38. The Bertz CT molecular complexity index is 1190. The van der Waals surface area contributed by atoms with Gasteiger partial charge in [-0.15, -0.1) is 11.3 Å². The molecular weight excluding hydrogens is 436 g/mol. The van der Waals surface area contributed by atoms with Crippen LogP contribution in [0.25, 0.3) is 16.5 Å². The molecule has 1 aliphatic heterocycles. The highest BCUT2D eigenvalue weighted by molar-refractivity contribution is 7.17. The number of amides is 1. The molecule has 3 heterocycles. The summed E-state index contributed by atoms with van der Waals surface area (Å²) >= 11 is 7.87. The van der Waals surface area contributed by atoms with Crippen molar-refractivity contribution in [1.82, 2.24) is 5.32 Å². The van der Waals surface area contributed by atoms with E-state index in [-0.39, 0.29) is 17.8 Å². The highest BCUT2D eigenvalue weighted by Gasteiger charge is 2.26. The summed E-state index contributed by atoms with van der Waals surface area (Å²) < 4.78 is 6.61. The Balaban J connectivity index is 1.38. The van der Waals surface area contributed by atoms with Gasteiger partial charge in [-0.05, 0) is 48.9 Å². The molecule has 1 aromatic carbocycles. The first-order valence-corrected chi connectivity index (χ1v) is 10.8. The van der Waals surface area contributed by atoms with Gasteiger partial charge >= 0.3 is 0 Å². The number of Topliss-reactive ketones (excluding diaryl/α,β-unsaturated/α-hetero) is 1. The maximum Gasteiger partial charge on any atom is 0.244 e. The van der Waals surface area contributed by atoms with Gasteiger partial charge in [-0.3, -0.25) is 9.59 Å². The predicted octanol–water partition coefficient (Wildman–Crippen LogP) is 4.04. The number of rotatable bonds is 6. The number of aromatic nitrogens is 1. The maximum absolute atomic E-state index is 12.1. The van der Waals surface area contributed by atoms with E-state index in [0.717, 1.165) is 16.0 Å². The largest absolute Gasteiger partial charge is 0.619 e. The van der Waals surface area contributed by atoms with E-state index in [0.29, 0.717) is 38.9 Å². The van der Waals surface area contributed by atoms with Crippen LogP contribution in [0.15, 0.2) is 54.9 Å². The molecule has 4 rings (SSSR count). The molecule has 0 fully saturated rings. The minimum atomic E-state index is -0.275. The number of ketones is 1. The first-order valence-electron chi connectivity index (χ1n) is 9.64. The number of carbonyl (C=O) groups is 2. The number of carbonyl (C=O) groups excluding carboxylic acids is 2. The summed E-state index contributed by atoms with van der Waals surface area (Å²) in [7, 11) is 0. The lowest BCUT2D eigenvalue weighted by Crippen LogP contribution is -2.33. The Labute approximate surface area is 188 Å². The van der Waals surface area contributed by atoms with E-state index in [1.807, 2.05) is 24.3 Å². The van der Waals surface area contributed by atoms with Crippen LogP contribution >= 0.6 is 22.9 Å². The number of nitrogens with zero attached hydrogens (tertiary/aromatic N) is 1. The minimum absolute atomic E-state index is 0.0381. The molecule has 1 aliphatic rings. The Morgan fingerprint density at radius 3 is 2.94 bits per heavy atom. The Morgan fingerprint density at radius 1 is 1.35 bits per heavy atom. The zero-order valence-corrected chi connectivity index (χ0v) is 18.2. The molecule has 8 heteroatoms. The summed E-state index contributed by atoms with van der Waals surface area (Å²) in [5.74, 6) is 0.395. The topological polar surface area (TPSA) is 82.3 Å². The van der Waals surface area contributed by atoms with Gasteiger partial charge in [-0.2, -0.15) is 4.73 Å². The van der Waals surface area contributed by atoms with Crippen LogP contribution < -0.4 is 14.8 Å². The number of benzene rings is 1. The normalized spacial score (nSPS) is 15.0. The summed E-state index contributed by atoms with van der Waals surface area (Å²) in [6.07, 6.45) is 6.11. The number of pyridine rings is 1. The van der Waals surface area contributed by atoms with Gasteiger partial charge in [0.05, 0.1) is 16.4 Å². The monoisotopic (exact) mass is 454 g/mol. The number of hydrogen-bond acceptors (Lipinski definition) is 5. The number of halogens is 1. The molecule has 3 aromatic rings. The third kappa shape index (κ3) is 4.95. The highest BCUT2D eigenvalue weighted by atomic mass is 35.5. The van der Waals surface area contributed by atoms with Crippen molar-refractivity contribution in [2.75, 3.05) is 6.54 Å². The molecule has 0 spiro atoms. The van der Waals surface area contributed by atoms with Crippen molar-refractivity contribution in [3.63, 3.8) is 0 Å². The number of nitrogens with one attached hydrogen (secondary N) is 1. The van der Waals surface area contributed by atoms with Gasteiger partial charge in [0.1, 0.15) is 11.9 Å². The lowest BCUT2D eigenvalue weighted by atomic mass is 10.1. The van der Waals surface area contributed by atoms with Crippen LogP contribution in [0.1, 0.15) is 27.7 Å². The molecule has 31 heavy (non-hydrogen) atoms. The molecule has 1 atom stereocenters. The Morgan fingerprint density at radius 2 is 2.19 bits per heavy atom. The van der Waals surface area contributed by atoms with Crippen LogP contribution in [0.3, 0.4) is 0 Å². The van der Waals surface area contributed by atoms with E-state index in [2.05, 4.69) is 5.32 Å². The molecule has 0 bridgehead atoms. The summed E-state index contributed by atoms with van der Waals surface area (Å²) in [6.45, 7) is 1.88. The summed E-state index contributed by atoms with van der Waals surface area (Å²) in [6, 6.07) is 10.9. The summed E-state index contributed by atoms with van der Waals surface area (Å²) in [5.41, 5.74) is 2.55. The van der Waals surface area contributed by atoms with Gasteiger partial charge in [0.2, 0.25) is 5.91 Å². The second-order valence-electron chi connectivity index (χ2n) is 7.19. The number of fused-ring (bicyclic) bond motifs is 1. The minimum Gasteiger partial charge on any atom is -0.619 e. The molecule has 158 valence electrons. The molecule has 0 saturated carbocycles. The lowest BCUT2D eigenvalue weighted by Gasteiger charge is -2.11. The van der Waals surface area contributed by atoms with E-state index in [4.69, 9.17) is 16.3 Å². The predicted molar refractivity (Wildman–Crippen MR) is 120 cm³/mol. The van der Waals surface area contributed by atoms with Crippen LogP contribution in [-0.2, 0) is 11.2 Å². The van der Waals surface area contributed by atoms with Crippen molar-refractivity contribution in [3.05, 3.63) is 81.1 Å². The first-order chi connectivity index (χ1) is 14.9. The fourth-order valence-corrected chi connectivity index (χ4v) is 4.51. The molecular formula is C23H19ClN2O4S. The van der Waals surface area contributed by atoms with Crippen LogP contribution in [-0.4, -0.2) is 24.3 Å². The second-order valence-corrected chi connectivity index (χ2v) is 8.68. The summed E-state index contributed by atoms with van der Waals surface area (Å²) in [4.78, 5) is 25.3. The van der Waals surface area contributed by atoms with Crippen molar-refractivity contribution in [2.45, 2.75) is 19.4 Å². The van der Waals surface area contributed by atoms with Crippen molar-refractivity contribution in [2.24, 2.45) is 0 Å². The number of thiophene rings is 1. The zero-order chi connectivity index (χ0) is 22.0. The van der Waals surface area contributed by atoms with E-state index in [1.54, 1.807) is 25.1 Å². The SMILES string of the molecule is CC(=O)c1ccc(-c2cc(Cl)c3c(c2)CC(CNC(=O)/C=C/c2ccc[n+]([O-])c2)O3)s1. The van der Waals surface area contributed by atoms with Crippen molar-refractivity contribution >= 4 is 40.7 Å². The highest BCUT2D eigenvalue weighted by Crippen LogP contribution is 2.41. The van der Waals surface area contributed by atoms with Crippen LogP contribution in [0.5, 0.6) is 5.75 Å². The van der Waals surface area contributed by atoms with Gasteiger partial charge in [-0.1, -0.05) is 11.6 Å². The molecule has 1 amide bonds. The number of ether oxygens (including phenoxy) is 1. The fraction of sp³-hybridized carbons (Fsp3) is 0.174. The van der Waals surface area contributed by atoms with Gasteiger partial charge in [0.15, 0.2) is 18.2 Å². The van der Waals surface area contributed by atoms with E-state index < -0.39 is 0 Å². The quantitative estimate of drug-likeness (QED) is 0.264. The smallest absolute Gasteiger partial charge is 0.244 e. The van der Waals surface area contributed by atoms with Gasteiger partial charge in [-0.25, -0.2) is 0 Å². The van der Waals surface area contributed by atoms with Gasteiger partial charge in [0, 0.05) is 34.6 Å². The lowest BCUT2D eigenvalue weighted by molar-refractivity contribution is -0.605. The third-order valence-corrected chi connectivity index (χ3v) is 6.34. The second kappa shape index (κ2) is 8.91. The van der Waals surface area contributed by atoms with Crippen LogP contribution in [0.2, 0.25) is 5.02 Å². The Hall–Kier alpha value is -3.16. The van der Waals surface area contributed by atoms with Crippen molar-refractivity contribution in [3.8, 4) is 16.2 Å². The summed E-state index contributed by atoms with van der Waals surface area (Å²) in [5, 5.41) is 14.6. The number of hydrogen-bond donors (Lipinski definition) is 1. The van der Waals surface area contributed by atoms with Crippen LogP contribution in [0.4, 0.5) is 0 Å². The molecule has 0 aliphatic carbocycles. The maximum atomic E-state index is 12.1. The van der Waals surface area contributed by atoms with Crippen molar-refractivity contribution in [1.29, 1.82) is 0 Å².